The van der Waals surface area contributed by atoms with Crippen LogP contribution < -0.4 is 4.74 Å². The first kappa shape index (κ1) is 31.9. The molecule has 2 aromatic carbocycles. The van der Waals surface area contributed by atoms with Gasteiger partial charge in [-0.15, -0.1) is 6.58 Å². The summed E-state index contributed by atoms with van der Waals surface area (Å²) in [5.41, 5.74) is 1.39. The molecule has 1 aliphatic heterocycles. The van der Waals surface area contributed by atoms with Gasteiger partial charge in [0, 0.05) is 23.6 Å². The summed E-state index contributed by atoms with van der Waals surface area (Å²) < 4.78 is 101. The Morgan fingerprint density at radius 2 is 1.42 bits per heavy atom. The van der Waals surface area contributed by atoms with Crippen LogP contribution in [0.4, 0.5) is 26.3 Å². The summed E-state index contributed by atoms with van der Waals surface area (Å²) in [4.78, 5) is 0. The van der Waals surface area contributed by atoms with Crippen molar-refractivity contribution in [3.63, 3.8) is 0 Å². The van der Waals surface area contributed by atoms with E-state index in [9.17, 15) is 22.0 Å². The second kappa shape index (κ2) is 14.1. The maximum absolute atomic E-state index is 15.2. The number of rotatable bonds is 10. The van der Waals surface area contributed by atoms with Gasteiger partial charge in [-0.2, -0.15) is 8.78 Å². The van der Waals surface area contributed by atoms with E-state index >= 15 is 4.39 Å². The van der Waals surface area contributed by atoms with Gasteiger partial charge in [-0.25, -0.2) is 17.6 Å². The van der Waals surface area contributed by atoms with E-state index in [1.807, 2.05) is 18.2 Å². The zero-order valence-corrected chi connectivity index (χ0v) is 24.3. The third-order valence-electron chi connectivity index (χ3n) is 9.62. The molecule has 0 spiro atoms. The number of alkyl halides is 2. The number of ether oxygens (including phenoxy) is 3. The fourth-order valence-electron chi connectivity index (χ4n) is 7.13. The average molecular weight is 611 g/mol. The van der Waals surface area contributed by atoms with Gasteiger partial charge < -0.3 is 14.2 Å². The SMILES string of the molecule is C=CCCCC1COC(c2ccc(C3CCC(C4CCC(C(F)(F)Oc5cc(F)c(F)c(F)c5)CC4)CC3)c(F)c2)OC1. The molecule has 43 heavy (non-hydrogen) atoms. The predicted molar refractivity (Wildman–Crippen MR) is 151 cm³/mol. The highest BCUT2D eigenvalue weighted by Gasteiger charge is 2.45. The van der Waals surface area contributed by atoms with Crippen molar-refractivity contribution in [2.75, 3.05) is 13.2 Å². The normalized spacial score (nSPS) is 28.4. The largest absolute Gasteiger partial charge is 0.432 e. The van der Waals surface area contributed by atoms with Crippen molar-refractivity contribution in [2.45, 2.75) is 88.9 Å². The first-order valence-corrected chi connectivity index (χ1v) is 15.5. The minimum Gasteiger partial charge on any atom is -0.432 e. The van der Waals surface area contributed by atoms with Crippen LogP contribution in [0.2, 0.25) is 0 Å². The third-order valence-corrected chi connectivity index (χ3v) is 9.62. The molecule has 236 valence electrons. The maximum atomic E-state index is 15.2. The molecule has 2 aliphatic carbocycles. The van der Waals surface area contributed by atoms with Crippen LogP contribution in [0, 0.1) is 46.9 Å². The molecule has 3 nitrogen and oxygen atoms in total. The molecule has 9 heteroatoms. The van der Waals surface area contributed by atoms with Crippen molar-refractivity contribution in [1.82, 2.24) is 0 Å². The van der Waals surface area contributed by atoms with Gasteiger partial charge in [0.1, 0.15) is 11.6 Å². The molecule has 0 atom stereocenters. The molecule has 0 N–H and O–H groups in total. The van der Waals surface area contributed by atoms with E-state index < -0.39 is 41.5 Å². The molecule has 0 amide bonds. The Morgan fingerprint density at radius 3 is 2.00 bits per heavy atom. The molecular weight excluding hydrogens is 570 g/mol. The van der Waals surface area contributed by atoms with Crippen LogP contribution in [0.3, 0.4) is 0 Å². The van der Waals surface area contributed by atoms with Gasteiger partial charge in [0.25, 0.3) is 0 Å². The molecule has 3 fully saturated rings. The summed E-state index contributed by atoms with van der Waals surface area (Å²) in [6.07, 6.45) is 5.91. The monoisotopic (exact) mass is 610 g/mol. The van der Waals surface area contributed by atoms with Crippen LogP contribution in [-0.4, -0.2) is 19.3 Å². The van der Waals surface area contributed by atoms with Crippen LogP contribution in [0.1, 0.15) is 94.0 Å². The van der Waals surface area contributed by atoms with Gasteiger partial charge in [0.15, 0.2) is 23.7 Å². The number of allylic oxidation sites excluding steroid dienone is 1. The Hall–Kier alpha value is -2.52. The highest BCUT2D eigenvalue weighted by atomic mass is 19.3. The van der Waals surface area contributed by atoms with E-state index in [1.54, 1.807) is 0 Å². The average Bonchev–Trinajstić information content (AvgIpc) is 3.00. The molecule has 1 saturated heterocycles. The van der Waals surface area contributed by atoms with Crippen molar-refractivity contribution in [3.8, 4) is 5.75 Å². The molecule has 0 unspecified atom stereocenters. The summed E-state index contributed by atoms with van der Waals surface area (Å²) in [5.74, 6) is -5.81. The molecular formula is C34H40F6O3. The predicted octanol–water partition coefficient (Wildman–Crippen LogP) is 10.0. The van der Waals surface area contributed by atoms with Crippen molar-refractivity contribution < 1.29 is 40.6 Å². The molecule has 1 heterocycles. The molecule has 2 aromatic rings. The molecule has 0 bridgehead atoms. The smallest absolute Gasteiger partial charge is 0.400 e. The van der Waals surface area contributed by atoms with Gasteiger partial charge in [-0.1, -0.05) is 18.2 Å². The second-order valence-corrected chi connectivity index (χ2v) is 12.5. The summed E-state index contributed by atoms with van der Waals surface area (Å²) in [7, 11) is 0. The zero-order chi connectivity index (χ0) is 30.6. The van der Waals surface area contributed by atoms with Gasteiger partial charge in [0.2, 0.25) is 0 Å². The lowest BCUT2D eigenvalue weighted by Crippen LogP contribution is -2.38. The van der Waals surface area contributed by atoms with Gasteiger partial charge in [-0.3, -0.25) is 0 Å². The first-order chi connectivity index (χ1) is 20.6. The number of hydrogen-bond acceptors (Lipinski definition) is 3. The summed E-state index contributed by atoms with van der Waals surface area (Å²) in [6.45, 7) is 4.93. The Morgan fingerprint density at radius 1 is 0.814 bits per heavy atom. The second-order valence-electron chi connectivity index (χ2n) is 12.5. The van der Waals surface area contributed by atoms with Crippen molar-refractivity contribution in [3.05, 3.63) is 77.4 Å². The van der Waals surface area contributed by atoms with E-state index in [0.717, 1.165) is 44.9 Å². The fraction of sp³-hybridized carbons (Fsp3) is 0.588. The van der Waals surface area contributed by atoms with Gasteiger partial charge in [0.05, 0.1) is 19.1 Å². The van der Waals surface area contributed by atoms with Crippen molar-refractivity contribution in [2.24, 2.45) is 23.7 Å². The minimum absolute atomic E-state index is 0.110. The maximum Gasteiger partial charge on any atom is 0.400 e. The Bertz CT molecular complexity index is 1210. The quantitative estimate of drug-likeness (QED) is 0.116. The lowest BCUT2D eigenvalue weighted by Gasteiger charge is -2.39. The van der Waals surface area contributed by atoms with E-state index in [1.165, 1.54) is 6.07 Å². The van der Waals surface area contributed by atoms with Crippen LogP contribution >= 0.6 is 0 Å². The van der Waals surface area contributed by atoms with Crippen LogP contribution in [0.5, 0.6) is 5.75 Å². The van der Waals surface area contributed by atoms with Crippen LogP contribution in [0.15, 0.2) is 43.0 Å². The molecule has 2 saturated carbocycles. The lowest BCUT2D eigenvalue weighted by atomic mass is 9.68. The summed E-state index contributed by atoms with van der Waals surface area (Å²) in [6, 6.07) is 6.15. The topological polar surface area (TPSA) is 27.7 Å². The van der Waals surface area contributed by atoms with Crippen molar-refractivity contribution in [1.29, 1.82) is 0 Å². The number of hydrogen-bond donors (Lipinski definition) is 0. The van der Waals surface area contributed by atoms with Crippen LogP contribution in [-0.2, 0) is 9.47 Å². The molecule has 0 aromatic heterocycles. The van der Waals surface area contributed by atoms with Crippen LogP contribution in [0.25, 0.3) is 0 Å². The van der Waals surface area contributed by atoms with E-state index in [4.69, 9.17) is 9.47 Å². The summed E-state index contributed by atoms with van der Waals surface area (Å²) >= 11 is 0. The fourth-order valence-corrected chi connectivity index (χ4v) is 7.13. The number of benzene rings is 2. The molecule has 3 aliphatic rings. The summed E-state index contributed by atoms with van der Waals surface area (Å²) in [5, 5.41) is 0. The van der Waals surface area contributed by atoms with E-state index in [2.05, 4.69) is 11.3 Å². The number of unbranched alkanes of at least 4 members (excludes halogenated alkanes) is 1. The Balaban J connectivity index is 1.08. The van der Waals surface area contributed by atoms with Gasteiger partial charge in [-0.05, 0) is 100 Å². The molecule has 5 rings (SSSR count). The highest BCUT2D eigenvalue weighted by molar-refractivity contribution is 5.29. The number of halogens is 6. The zero-order valence-electron chi connectivity index (χ0n) is 24.3. The minimum atomic E-state index is -3.62. The van der Waals surface area contributed by atoms with E-state index in [-0.39, 0.29) is 24.6 Å². The van der Waals surface area contributed by atoms with E-state index in [0.29, 0.717) is 67.1 Å². The third kappa shape index (κ3) is 7.77. The Labute approximate surface area is 249 Å². The molecule has 0 radical (unpaired) electrons. The Kier molecular flexibility index (Phi) is 10.4. The van der Waals surface area contributed by atoms with Gasteiger partial charge >= 0.3 is 6.11 Å². The first-order valence-electron chi connectivity index (χ1n) is 15.5. The lowest BCUT2D eigenvalue weighted by molar-refractivity contribution is -0.224. The highest BCUT2D eigenvalue weighted by Crippen LogP contribution is 2.47. The standard InChI is InChI=1S/C34H40F6O3/c1-2-3-4-5-21-19-41-33(42-20-21)25-12-15-28(29(35)16-25)24-8-6-22(7-9-24)23-10-13-26(14-11-23)34(39,40)43-27-17-30(36)32(38)31(37)18-27/h2,12,15-18,21-24,26,33H,1,3-11,13-14,19-20H2. The van der Waals surface area contributed by atoms with Crippen molar-refractivity contribution >= 4 is 0 Å².